The Morgan fingerprint density at radius 3 is 2.53 bits per heavy atom. The smallest absolute Gasteiger partial charge is 0.141 e. The molecule has 1 aromatic rings. The van der Waals surface area contributed by atoms with Gasteiger partial charge in [-0.15, -0.1) is 0 Å². The van der Waals surface area contributed by atoms with Gasteiger partial charge >= 0.3 is 0 Å². The summed E-state index contributed by atoms with van der Waals surface area (Å²) in [7, 11) is 0. The molecule has 1 atom stereocenters. The van der Waals surface area contributed by atoms with Crippen molar-refractivity contribution in [2.75, 3.05) is 0 Å². The van der Waals surface area contributed by atoms with Gasteiger partial charge in [-0.25, -0.2) is 4.99 Å². The third kappa shape index (κ3) is 2.92. The van der Waals surface area contributed by atoms with Gasteiger partial charge in [-0.2, -0.15) is 5.26 Å². The Labute approximate surface area is 88.6 Å². The van der Waals surface area contributed by atoms with Crippen molar-refractivity contribution in [3.05, 3.63) is 30.3 Å². The Morgan fingerprint density at radius 2 is 2.07 bits per heavy atom. The molecule has 0 bridgehead atoms. The highest BCUT2D eigenvalue weighted by Gasteiger charge is 2.14. The number of nitrogens with one attached hydrogen (secondary N) is 1. The molecule has 0 spiro atoms. The summed E-state index contributed by atoms with van der Waals surface area (Å²) in [6.07, 6.45) is 0. The van der Waals surface area contributed by atoms with Crippen LogP contribution in [-0.2, 0) is 0 Å². The first-order valence-corrected chi connectivity index (χ1v) is 4.49. The lowest BCUT2D eigenvalue weighted by molar-refractivity contribution is 1.13. The summed E-state index contributed by atoms with van der Waals surface area (Å²) in [5.74, 6) is -0.568. The quantitative estimate of drug-likeness (QED) is 0.576. The van der Waals surface area contributed by atoms with E-state index >= 15 is 0 Å². The number of nitriles is 1. The molecule has 3 N–H and O–H groups in total. The average Bonchev–Trinajstić information content (AvgIpc) is 2.19. The van der Waals surface area contributed by atoms with Crippen LogP contribution in [0.2, 0.25) is 0 Å². The van der Waals surface area contributed by atoms with Gasteiger partial charge in [-0.05, 0) is 19.1 Å². The summed E-state index contributed by atoms with van der Waals surface area (Å²) < 4.78 is 0. The molecule has 0 aliphatic rings. The molecule has 0 fully saturated rings. The maximum atomic E-state index is 8.79. The van der Waals surface area contributed by atoms with Gasteiger partial charge in [-0.3, -0.25) is 0 Å². The van der Waals surface area contributed by atoms with Gasteiger partial charge in [0.05, 0.1) is 11.8 Å². The fourth-order valence-corrected chi connectivity index (χ4v) is 1.10. The number of hydrogen-bond acceptors (Lipinski definition) is 3. The van der Waals surface area contributed by atoms with E-state index in [9.17, 15) is 0 Å². The van der Waals surface area contributed by atoms with Gasteiger partial charge in [0, 0.05) is 5.71 Å². The van der Waals surface area contributed by atoms with Crippen LogP contribution in [0.1, 0.15) is 6.92 Å². The van der Waals surface area contributed by atoms with E-state index in [1.807, 2.05) is 24.3 Å². The van der Waals surface area contributed by atoms with E-state index in [0.29, 0.717) is 5.69 Å². The van der Waals surface area contributed by atoms with E-state index in [4.69, 9.17) is 16.4 Å². The van der Waals surface area contributed by atoms with Crippen LogP contribution >= 0.6 is 0 Å². The van der Waals surface area contributed by atoms with Crippen LogP contribution in [0.25, 0.3) is 0 Å². The molecule has 0 aliphatic carbocycles. The highest BCUT2D eigenvalue weighted by atomic mass is 14.9. The molecule has 0 amide bonds. The minimum Gasteiger partial charge on any atom is -0.386 e. The Kier molecular flexibility index (Phi) is 3.58. The zero-order valence-electron chi connectivity index (χ0n) is 8.44. The maximum Gasteiger partial charge on any atom is 0.141 e. The van der Waals surface area contributed by atoms with Crippen molar-refractivity contribution < 1.29 is 0 Å². The molecule has 0 saturated heterocycles. The largest absolute Gasteiger partial charge is 0.386 e. The third-order valence-corrected chi connectivity index (χ3v) is 1.87. The molecule has 4 nitrogen and oxygen atoms in total. The number of aliphatic imine (C=N–C) groups is 1. The topological polar surface area (TPSA) is 86.0 Å². The van der Waals surface area contributed by atoms with Crippen LogP contribution in [-0.4, -0.2) is 11.5 Å². The van der Waals surface area contributed by atoms with Crippen LogP contribution in [0.15, 0.2) is 35.3 Å². The average molecular weight is 200 g/mol. The fraction of sp³-hybridized carbons (Fsp3) is 0.182. The molecule has 0 radical (unpaired) electrons. The molecule has 4 heteroatoms. The summed E-state index contributed by atoms with van der Waals surface area (Å²) in [5, 5.41) is 16.2. The predicted octanol–water partition coefficient (Wildman–Crippen LogP) is 1.85. The summed E-state index contributed by atoms with van der Waals surface area (Å²) in [5.41, 5.74) is 6.54. The van der Waals surface area contributed by atoms with Gasteiger partial charge in [0.15, 0.2) is 0 Å². The molecule has 15 heavy (non-hydrogen) atoms. The molecule has 76 valence electrons. The zero-order chi connectivity index (χ0) is 11.3. The number of benzene rings is 1. The van der Waals surface area contributed by atoms with Crippen molar-refractivity contribution in [1.29, 1.82) is 10.7 Å². The van der Waals surface area contributed by atoms with Crippen LogP contribution in [0.4, 0.5) is 5.69 Å². The Bertz CT molecular complexity index is 414. The Hall–Kier alpha value is -2.15. The van der Waals surface area contributed by atoms with E-state index in [0.717, 1.165) is 0 Å². The lowest BCUT2D eigenvalue weighted by atomic mass is 10.1. The zero-order valence-corrected chi connectivity index (χ0v) is 8.44. The molecular formula is C11H12N4. The second kappa shape index (κ2) is 4.91. The monoisotopic (exact) mass is 200 g/mol. The highest BCUT2D eigenvalue weighted by Crippen LogP contribution is 2.11. The SMILES string of the molecule is CC(=N)C(C#N)C(N)=Nc1ccccc1. The lowest BCUT2D eigenvalue weighted by Gasteiger charge is -2.05. The summed E-state index contributed by atoms with van der Waals surface area (Å²) >= 11 is 0. The molecule has 1 aromatic carbocycles. The van der Waals surface area contributed by atoms with Crippen molar-refractivity contribution in [3.8, 4) is 6.07 Å². The van der Waals surface area contributed by atoms with E-state index in [-0.39, 0.29) is 11.5 Å². The number of para-hydroxylation sites is 1. The van der Waals surface area contributed by atoms with Gasteiger partial charge < -0.3 is 11.1 Å². The first-order valence-electron chi connectivity index (χ1n) is 4.49. The Morgan fingerprint density at radius 1 is 1.47 bits per heavy atom. The van der Waals surface area contributed by atoms with Crippen LogP contribution in [0, 0.1) is 22.7 Å². The van der Waals surface area contributed by atoms with Gasteiger partial charge in [-0.1, -0.05) is 18.2 Å². The molecule has 0 aliphatic heterocycles. The van der Waals surface area contributed by atoms with Crippen LogP contribution in [0.3, 0.4) is 0 Å². The number of nitrogens with zero attached hydrogens (tertiary/aromatic N) is 2. The molecule has 1 rings (SSSR count). The van der Waals surface area contributed by atoms with Crippen molar-refractivity contribution in [1.82, 2.24) is 0 Å². The van der Waals surface area contributed by atoms with E-state index in [2.05, 4.69) is 4.99 Å². The summed E-state index contributed by atoms with van der Waals surface area (Å²) in [6.45, 7) is 1.54. The first kappa shape index (κ1) is 10.9. The summed E-state index contributed by atoms with van der Waals surface area (Å²) in [4.78, 5) is 4.08. The van der Waals surface area contributed by atoms with Crippen molar-refractivity contribution >= 4 is 17.2 Å². The second-order valence-electron chi connectivity index (χ2n) is 3.12. The molecule has 0 saturated carbocycles. The lowest BCUT2D eigenvalue weighted by Crippen LogP contribution is -2.27. The standard InChI is InChI=1S/C11H12N4/c1-8(13)10(7-12)11(14)15-9-5-3-2-4-6-9/h2-6,10,13H,1H3,(H2,14,15). The number of hydrogen-bond donors (Lipinski definition) is 2. The van der Waals surface area contributed by atoms with E-state index in [1.54, 1.807) is 19.1 Å². The molecule has 0 heterocycles. The summed E-state index contributed by atoms with van der Waals surface area (Å²) in [6, 6.07) is 11.1. The minimum atomic E-state index is -0.731. The number of rotatable bonds is 3. The first-order chi connectivity index (χ1) is 7.15. The second-order valence-corrected chi connectivity index (χ2v) is 3.12. The Balaban J connectivity index is 2.94. The van der Waals surface area contributed by atoms with Gasteiger partial charge in [0.2, 0.25) is 0 Å². The van der Waals surface area contributed by atoms with E-state index in [1.165, 1.54) is 0 Å². The number of nitrogens with two attached hydrogens (primary N) is 1. The predicted molar refractivity (Wildman–Crippen MR) is 60.2 cm³/mol. The van der Waals surface area contributed by atoms with E-state index < -0.39 is 5.92 Å². The fourth-order valence-electron chi connectivity index (χ4n) is 1.10. The molecular weight excluding hydrogens is 188 g/mol. The van der Waals surface area contributed by atoms with Crippen LogP contribution in [0.5, 0.6) is 0 Å². The number of amidine groups is 1. The van der Waals surface area contributed by atoms with Crippen molar-refractivity contribution in [2.24, 2.45) is 16.6 Å². The minimum absolute atomic E-state index is 0.163. The normalized spacial score (nSPS) is 12.9. The van der Waals surface area contributed by atoms with Gasteiger partial charge in [0.1, 0.15) is 11.8 Å². The molecule has 0 aromatic heterocycles. The van der Waals surface area contributed by atoms with Gasteiger partial charge in [0.25, 0.3) is 0 Å². The highest BCUT2D eigenvalue weighted by molar-refractivity contribution is 6.06. The maximum absolute atomic E-state index is 8.79. The van der Waals surface area contributed by atoms with Crippen molar-refractivity contribution in [2.45, 2.75) is 6.92 Å². The molecule has 1 unspecified atom stereocenters. The van der Waals surface area contributed by atoms with Crippen LogP contribution < -0.4 is 5.73 Å². The van der Waals surface area contributed by atoms with Crippen molar-refractivity contribution in [3.63, 3.8) is 0 Å². The third-order valence-electron chi connectivity index (χ3n) is 1.87.